The highest BCUT2D eigenvalue weighted by Gasteiger charge is 2.05. The Morgan fingerprint density at radius 3 is 2.86 bits per heavy atom. The van der Waals surface area contributed by atoms with Crippen LogP contribution in [0.5, 0.6) is 0 Å². The number of aromatic nitrogens is 1. The number of fused-ring (bicyclic) bond motifs is 1. The van der Waals surface area contributed by atoms with Crippen LogP contribution >= 0.6 is 0 Å². The van der Waals surface area contributed by atoms with E-state index >= 15 is 0 Å². The highest BCUT2D eigenvalue weighted by molar-refractivity contribution is 5.93. The lowest BCUT2D eigenvalue weighted by molar-refractivity contribution is -0.116. The lowest BCUT2D eigenvalue weighted by atomic mass is 10.0. The van der Waals surface area contributed by atoms with Crippen molar-refractivity contribution in [3.05, 3.63) is 65.9 Å². The summed E-state index contributed by atoms with van der Waals surface area (Å²) in [6, 6.07) is 16.1. The first-order chi connectivity index (χ1) is 10.2. The fourth-order valence-corrected chi connectivity index (χ4v) is 2.49. The molecule has 0 aliphatic carbocycles. The van der Waals surface area contributed by atoms with E-state index in [1.807, 2.05) is 42.6 Å². The number of aromatic amines is 1. The van der Waals surface area contributed by atoms with Gasteiger partial charge in [-0.25, -0.2) is 0 Å². The summed E-state index contributed by atoms with van der Waals surface area (Å²) in [5.41, 5.74) is 4.39. The third-order valence-electron chi connectivity index (χ3n) is 3.72. The molecule has 3 rings (SSSR count). The Labute approximate surface area is 124 Å². The number of amides is 1. The van der Waals surface area contributed by atoms with Crippen molar-refractivity contribution in [3.8, 4) is 0 Å². The molecule has 0 unspecified atom stereocenters. The number of H-pyrrole nitrogens is 1. The van der Waals surface area contributed by atoms with Gasteiger partial charge in [0, 0.05) is 29.2 Å². The van der Waals surface area contributed by atoms with Gasteiger partial charge < -0.3 is 10.3 Å². The van der Waals surface area contributed by atoms with Gasteiger partial charge in [-0.05, 0) is 48.7 Å². The molecule has 3 aromatic rings. The van der Waals surface area contributed by atoms with Crippen LogP contribution in [0.15, 0.2) is 54.7 Å². The second kappa shape index (κ2) is 5.83. The van der Waals surface area contributed by atoms with Gasteiger partial charge in [-0.2, -0.15) is 0 Å². The predicted molar refractivity (Wildman–Crippen MR) is 86.4 cm³/mol. The molecular formula is C18H18N2O. The number of carbonyl (C=O) groups excluding carboxylic acids is 1. The third-order valence-corrected chi connectivity index (χ3v) is 3.72. The summed E-state index contributed by atoms with van der Waals surface area (Å²) in [4.78, 5) is 15.2. The van der Waals surface area contributed by atoms with Crippen molar-refractivity contribution in [2.24, 2.45) is 0 Å². The van der Waals surface area contributed by atoms with Crippen LogP contribution in [-0.4, -0.2) is 10.9 Å². The van der Waals surface area contributed by atoms with E-state index in [2.05, 4.69) is 29.4 Å². The average molecular weight is 278 g/mol. The number of rotatable bonds is 4. The molecule has 106 valence electrons. The molecule has 0 radical (unpaired) electrons. The maximum atomic E-state index is 12.1. The van der Waals surface area contributed by atoms with Crippen molar-refractivity contribution in [2.45, 2.75) is 19.8 Å². The van der Waals surface area contributed by atoms with Crippen LogP contribution in [0, 0.1) is 6.92 Å². The van der Waals surface area contributed by atoms with E-state index in [0.717, 1.165) is 23.0 Å². The Balaban J connectivity index is 1.62. The number of aryl methyl sites for hydroxylation is 2. The molecule has 1 amide bonds. The van der Waals surface area contributed by atoms with Crippen LogP contribution < -0.4 is 5.32 Å². The van der Waals surface area contributed by atoms with Crippen LogP contribution in [0.3, 0.4) is 0 Å². The van der Waals surface area contributed by atoms with Gasteiger partial charge in [0.2, 0.25) is 5.91 Å². The lowest BCUT2D eigenvalue weighted by Crippen LogP contribution is -2.12. The van der Waals surface area contributed by atoms with Gasteiger partial charge in [-0.15, -0.1) is 0 Å². The van der Waals surface area contributed by atoms with Crippen molar-refractivity contribution < 1.29 is 4.79 Å². The zero-order valence-electron chi connectivity index (χ0n) is 12.0. The molecule has 1 aromatic heterocycles. The van der Waals surface area contributed by atoms with Gasteiger partial charge >= 0.3 is 0 Å². The first kappa shape index (κ1) is 13.4. The highest BCUT2D eigenvalue weighted by atomic mass is 16.1. The number of benzene rings is 2. The van der Waals surface area contributed by atoms with Crippen LogP contribution in [0.2, 0.25) is 0 Å². The maximum absolute atomic E-state index is 12.1. The van der Waals surface area contributed by atoms with E-state index in [4.69, 9.17) is 0 Å². The van der Waals surface area contributed by atoms with Gasteiger partial charge in [-0.1, -0.05) is 24.3 Å². The van der Waals surface area contributed by atoms with E-state index < -0.39 is 0 Å². The number of hydrogen-bond donors (Lipinski definition) is 2. The first-order valence-corrected chi connectivity index (χ1v) is 7.14. The second-order valence-corrected chi connectivity index (χ2v) is 5.25. The van der Waals surface area contributed by atoms with Crippen LogP contribution in [-0.2, 0) is 11.2 Å². The van der Waals surface area contributed by atoms with Gasteiger partial charge in [0.25, 0.3) is 0 Å². The minimum Gasteiger partial charge on any atom is -0.361 e. The van der Waals surface area contributed by atoms with Crippen LogP contribution in [0.1, 0.15) is 17.5 Å². The summed E-state index contributed by atoms with van der Waals surface area (Å²) >= 11 is 0. The minimum atomic E-state index is 0.0492. The van der Waals surface area contributed by atoms with Crippen molar-refractivity contribution in [1.29, 1.82) is 0 Å². The summed E-state index contributed by atoms with van der Waals surface area (Å²) in [6.45, 7) is 2.08. The monoisotopic (exact) mass is 278 g/mol. The lowest BCUT2D eigenvalue weighted by Gasteiger charge is -2.07. The van der Waals surface area contributed by atoms with E-state index in [1.54, 1.807) is 0 Å². The molecule has 0 spiro atoms. The molecule has 21 heavy (non-hydrogen) atoms. The highest BCUT2D eigenvalue weighted by Crippen LogP contribution is 2.18. The fraction of sp³-hybridized carbons (Fsp3) is 0.167. The van der Waals surface area contributed by atoms with E-state index in [0.29, 0.717) is 6.42 Å². The Bertz CT molecular complexity index is 773. The number of nitrogens with one attached hydrogen (secondary N) is 2. The second-order valence-electron chi connectivity index (χ2n) is 5.25. The summed E-state index contributed by atoms with van der Waals surface area (Å²) in [6.07, 6.45) is 3.16. The van der Waals surface area contributed by atoms with Gasteiger partial charge in [0.15, 0.2) is 0 Å². The van der Waals surface area contributed by atoms with Crippen molar-refractivity contribution in [1.82, 2.24) is 4.98 Å². The van der Waals surface area contributed by atoms with Gasteiger partial charge in [0.05, 0.1) is 0 Å². The van der Waals surface area contributed by atoms with Crippen molar-refractivity contribution in [3.63, 3.8) is 0 Å². The molecule has 0 aliphatic rings. The van der Waals surface area contributed by atoms with Gasteiger partial charge in [-0.3, -0.25) is 4.79 Å². The van der Waals surface area contributed by atoms with Gasteiger partial charge in [0.1, 0.15) is 0 Å². The topological polar surface area (TPSA) is 44.9 Å². The Morgan fingerprint density at radius 2 is 2.00 bits per heavy atom. The largest absolute Gasteiger partial charge is 0.361 e. The Hall–Kier alpha value is -2.55. The maximum Gasteiger partial charge on any atom is 0.224 e. The Morgan fingerprint density at radius 1 is 1.14 bits per heavy atom. The summed E-state index contributed by atoms with van der Waals surface area (Å²) < 4.78 is 0. The molecule has 0 fully saturated rings. The molecule has 2 N–H and O–H groups in total. The molecule has 2 aromatic carbocycles. The zero-order valence-corrected chi connectivity index (χ0v) is 12.0. The molecular weight excluding hydrogens is 260 g/mol. The average Bonchev–Trinajstić information content (AvgIpc) is 2.94. The summed E-state index contributed by atoms with van der Waals surface area (Å²) in [5.74, 6) is 0.0492. The summed E-state index contributed by atoms with van der Waals surface area (Å²) in [5, 5.41) is 4.06. The zero-order chi connectivity index (χ0) is 14.7. The molecule has 0 bridgehead atoms. The van der Waals surface area contributed by atoms with E-state index in [-0.39, 0.29) is 5.91 Å². The molecule has 0 saturated heterocycles. The molecule has 0 saturated carbocycles. The molecule has 1 heterocycles. The standard InChI is InChI=1S/C18H18N2O/c1-13-4-2-3-5-14(13)6-9-18(21)20-16-7-8-17-15(12-16)10-11-19-17/h2-5,7-8,10-12,19H,6,9H2,1H3,(H,20,21). The molecule has 3 nitrogen and oxygen atoms in total. The minimum absolute atomic E-state index is 0.0492. The molecule has 3 heteroatoms. The van der Waals surface area contributed by atoms with Crippen molar-refractivity contribution >= 4 is 22.5 Å². The smallest absolute Gasteiger partial charge is 0.224 e. The molecule has 0 atom stereocenters. The predicted octanol–water partition coefficient (Wildman–Crippen LogP) is 4.05. The van der Waals surface area contributed by atoms with E-state index in [1.165, 1.54) is 11.1 Å². The van der Waals surface area contributed by atoms with Crippen LogP contribution in [0.25, 0.3) is 10.9 Å². The number of carbonyl (C=O) groups is 1. The quantitative estimate of drug-likeness (QED) is 0.743. The Kier molecular flexibility index (Phi) is 3.73. The molecule has 0 aliphatic heterocycles. The number of hydrogen-bond acceptors (Lipinski definition) is 1. The van der Waals surface area contributed by atoms with E-state index in [9.17, 15) is 4.79 Å². The SMILES string of the molecule is Cc1ccccc1CCC(=O)Nc1ccc2[nH]ccc2c1. The summed E-state index contributed by atoms with van der Waals surface area (Å²) in [7, 11) is 0. The first-order valence-electron chi connectivity index (χ1n) is 7.14. The fourth-order valence-electron chi connectivity index (χ4n) is 2.49. The van der Waals surface area contributed by atoms with Crippen LogP contribution in [0.4, 0.5) is 5.69 Å². The normalized spacial score (nSPS) is 10.7. The van der Waals surface area contributed by atoms with Crippen molar-refractivity contribution in [2.75, 3.05) is 5.32 Å². The number of anilines is 1. The third kappa shape index (κ3) is 3.14.